The van der Waals surface area contributed by atoms with Crippen molar-refractivity contribution in [3.8, 4) is 34.1 Å². The van der Waals surface area contributed by atoms with Crippen molar-refractivity contribution in [3.63, 3.8) is 0 Å². The molecule has 0 atom stereocenters. The van der Waals surface area contributed by atoms with Crippen molar-refractivity contribution in [1.82, 2.24) is 0 Å². The van der Waals surface area contributed by atoms with E-state index in [1.54, 1.807) is 36.4 Å². The number of carbonyl (C=O) groups is 4. The Kier molecular flexibility index (Phi) is 9.35. The van der Waals surface area contributed by atoms with Crippen LogP contribution in [0.4, 0.5) is 0 Å². The second-order valence-electron chi connectivity index (χ2n) is 11.8. The molecule has 4 aromatic rings. The number of ether oxygens (including phenoxy) is 4. The maximum Gasteiger partial charge on any atom is 0.338 e. The summed E-state index contributed by atoms with van der Waals surface area (Å²) in [5, 5.41) is 0. The van der Waals surface area contributed by atoms with Gasteiger partial charge in [-0.05, 0) is 74.2 Å². The molecule has 0 aromatic heterocycles. The van der Waals surface area contributed by atoms with Gasteiger partial charge in [0.15, 0.2) is 0 Å². The summed E-state index contributed by atoms with van der Waals surface area (Å²) in [7, 11) is 0. The molecule has 8 nitrogen and oxygen atoms in total. The van der Waals surface area contributed by atoms with Crippen LogP contribution < -0.4 is 18.9 Å². The normalized spacial score (nSPS) is 12.1. The molecule has 246 valence electrons. The Balaban J connectivity index is 2.07. The van der Waals surface area contributed by atoms with Gasteiger partial charge in [-0.15, -0.1) is 0 Å². The Hall–Kier alpha value is -6.28. The first-order valence-electron chi connectivity index (χ1n) is 15.3. The van der Waals surface area contributed by atoms with E-state index >= 15 is 0 Å². The summed E-state index contributed by atoms with van der Waals surface area (Å²) < 4.78 is 24.0. The van der Waals surface area contributed by atoms with Gasteiger partial charge in [0.25, 0.3) is 0 Å². The Labute approximate surface area is 284 Å². The predicted molar refractivity (Wildman–Crippen MR) is 186 cm³/mol. The molecular weight excluding hydrogens is 620 g/mol. The van der Waals surface area contributed by atoms with E-state index < -0.39 is 29.3 Å². The van der Waals surface area contributed by atoms with Gasteiger partial charge in [0, 0.05) is 22.3 Å². The van der Waals surface area contributed by atoms with Gasteiger partial charge in [0.05, 0.1) is 16.5 Å². The van der Waals surface area contributed by atoms with Crippen molar-refractivity contribution in [3.05, 3.63) is 156 Å². The third-order valence-electron chi connectivity index (χ3n) is 7.88. The second kappa shape index (κ2) is 13.4. The molecule has 0 radical (unpaired) electrons. The molecule has 0 aliphatic heterocycles. The molecule has 0 bridgehead atoms. The quantitative estimate of drug-likeness (QED) is 0.0848. The molecule has 0 fully saturated rings. The highest BCUT2D eigenvalue weighted by atomic mass is 16.6. The summed E-state index contributed by atoms with van der Waals surface area (Å²) in [4.78, 5) is 52.9. The molecular formula is C41H34O8. The van der Waals surface area contributed by atoms with Gasteiger partial charge in [-0.2, -0.15) is 0 Å². The molecule has 49 heavy (non-hydrogen) atoms. The Morgan fingerprint density at radius 3 is 0.959 bits per heavy atom. The Morgan fingerprint density at radius 2 is 0.694 bits per heavy atom. The maximum atomic E-state index is 13.2. The molecule has 8 heteroatoms. The monoisotopic (exact) mass is 654 g/mol. The summed E-state index contributed by atoms with van der Waals surface area (Å²) in [5.74, 6) is -2.94. The lowest BCUT2D eigenvalue weighted by Crippen LogP contribution is -2.33. The number of rotatable bonds is 10. The molecule has 5 rings (SSSR count). The van der Waals surface area contributed by atoms with E-state index in [0.717, 1.165) is 11.1 Å². The van der Waals surface area contributed by atoms with Crippen LogP contribution in [-0.4, -0.2) is 23.9 Å². The van der Waals surface area contributed by atoms with Crippen molar-refractivity contribution in [2.75, 3.05) is 0 Å². The minimum Gasteiger partial charge on any atom is -0.423 e. The van der Waals surface area contributed by atoms with Crippen molar-refractivity contribution >= 4 is 23.9 Å². The summed E-state index contributed by atoms with van der Waals surface area (Å²) in [6.45, 7) is 21.0. The van der Waals surface area contributed by atoms with Crippen LogP contribution in [0.25, 0.3) is 11.1 Å². The fourth-order valence-electron chi connectivity index (χ4n) is 5.75. The Morgan fingerprint density at radius 1 is 0.429 bits per heavy atom. The van der Waals surface area contributed by atoms with Crippen LogP contribution in [0.3, 0.4) is 0 Å². The highest BCUT2D eigenvalue weighted by molar-refractivity contribution is 5.95. The lowest BCUT2D eigenvalue weighted by atomic mass is 9.66. The zero-order valence-corrected chi connectivity index (χ0v) is 27.7. The summed E-state index contributed by atoms with van der Waals surface area (Å²) in [6.07, 6.45) is 0. The number of esters is 4. The van der Waals surface area contributed by atoms with Crippen LogP contribution in [0.1, 0.15) is 49.9 Å². The van der Waals surface area contributed by atoms with Crippen molar-refractivity contribution in [1.29, 1.82) is 0 Å². The third-order valence-corrected chi connectivity index (χ3v) is 7.88. The molecule has 0 heterocycles. The van der Waals surface area contributed by atoms with E-state index in [0.29, 0.717) is 11.1 Å². The number of hydrogen-bond acceptors (Lipinski definition) is 8. The molecule has 0 saturated heterocycles. The molecule has 0 amide bonds. The molecule has 0 N–H and O–H groups in total. The van der Waals surface area contributed by atoms with Crippen molar-refractivity contribution in [2.45, 2.75) is 33.1 Å². The molecule has 0 saturated carbocycles. The van der Waals surface area contributed by atoms with Crippen molar-refractivity contribution < 1.29 is 38.1 Å². The zero-order chi connectivity index (χ0) is 35.6. The summed E-state index contributed by atoms with van der Waals surface area (Å²) in [5.41, 5.74) is 1.98. The number of hydrogen-bond donors (Lipinski definition) is 0. The fraction of sp³-hybridized carbons (Fsp3) is 0.122. The maximum absolute atomic E-state index is 13.2. The number of benzene rings is 4. The van der Waals surface area contributed by atoms with Gasteiger partial charge in [-0.25, -0.2) is 19.2 Å². The average molecular weight is 655 g/mol. The smallest absolute Gasteiger partial charge is 0.338 e. The van der Waals surface area contributed by atoms with E-state index in [-0.39, 0.29) is 56.4 Å². The van der Waals surface area contributed by atoms with Crippen LogP contribution in [0, 0.1) is 0 Å². The predicted octanol–water partition coefficient (Wildman–Crippen LogP) is 7.98. The number of fused-ring (bicyclic) bond motifs is 3. The first-order chi connectivity index (χ1) is 23.3. The van der Waals surface area contributed by atoms with Gasteiger partial charge < -0.3 is 18.9 Å². The van der Waals surface area contributed by atoms with E-state index in [1.807, 2.05) is 48.5 Å². The largest absolute Gasteiger partial charge is 0.423 e. The van der Waals surface area contributed by atoms with Gasteiger partial charge in [-0.1, -0.05) is 87.0 Å². The molecule has 4 aromatic carbocycles. The third kappa shape index (κ3) is 6.12. The van der Waals surface area contributed by atoms with Crippen LogP contribution >= 0.6 is 0 Å². The SMILES string of the molecule is C=C(C)C(=O)Oc1cccc(OC(=O)C(=C)C)c1C1(c2c(OC(=O)C(=C)C)cccc2OC(=O)C(=C)C)c2ccccc2-c2ccccc21. The lowest BCUT2D eigenvalue weighted by Gasteiger charge is -2.37. The standard InChI is InChI=1S/C41H34O8/c1-23(2)37(42)46-31-19-13-20-32(47-38(43)24(3)4)35(31)41(29-17-11-9-15-27(29)28-16-10-12-18-30(28)41)36-33(48-39(44)25(5)6)21-14-22-34(36)49-40(45)26(7)8/h9-22H,1,3,5,7H2,2,4,6,8H3. The molecule has 0 unspecified atom stereocenters. The van der Waals surface area contributed by atoms with Crippen LogP contribution in [0.2, 0.25) is 0 Å². The molecule has 0 spiro atoms. The van der Waals surface area contributed by atoms with E-state index in [9.17, 15) is 19.2 Å². The van der Waals surface area contributed by atoms with E-state index in [1.165, 1.54) is 27.7 Å². The first-order valence-corrected chi connectivity index (χ1v) is 15.3. The summed E-state index contributed by atoms with van der Waals surface area (Å²) in [6, 6.07) is 24.3. The first kappa shape index (κ1) is 34.1. The minimum absolute atomic E-state index is 0.00438. The van der Waals surface area contributed by atoms with Crippen LogP contribution in [0.15, 0.2) is 134 Å². The van der Waals surface area contributed by atoms with Gasteiger partial charge in [0.2, 0.25) is 0 Å². The van der Waals surface area contributed by atoms with Gasteiger partial charge >= 0.3 is 23.9 Å². The van der Waals surface area contributed by atoms with Crippen LogP contribution in [0.5, 0.6) is 23.0 Å². The number of carbonyl (C=O) groups excluding carboxylic acids is 4. The zero-order valence-electron chi connectivity index (χ0n) is 27.7. The van der Waals surface area contributed by atoms with E-state index in [4.69, 9.17) is 18.9 Å². The highest BCUT2D eigenvalue weighted by Gasteiger charge is 2.53. The highest BCUT2D eigenvalue weighted by Crippen LogP contribution is 2.63. The van der Waals surface area contributed by atoms with Crippen molar-refractivity contribution in [2.24, 2.45) is 0 Å². The average Bonchev–Trinajstić information content (AvgIpc) is 3.35. The lowest BCUT2D eigenvalue weighted by molar-refractivity contribution is -0.131. The van der Waals surface area contributed by atoms with Gasteiger partial charge in [-0.3, -0.25) is 0 Å². The molecule has 1 aliphatic carbocycles. The van der Waals surface area contributed by atoms with Gasteiger partial charge in [0.1, 0.15) is 23.0 Å². The van der Waals surface area contributed by atoms with Crippen LogP contribution in [-0.2, 0) is 24.6 Å². The second-order valence-corrected chi connectivity index (χ2v) is 11.8. The molecule has 1 aliphatic rings. The Bertz CT molecular complexity index is 1870. The minimum atomic E-state index is -1.62. The fourth-order valence-corrected chi connectivity index (χ4v) is 5.75. The summed E-state index contributed by atoms with van der Waals surface area (Å²) >= 11 is 0. The van der Waals surface area contributed by atoms with E-state index in [2.05, 4.69) is 26.3 Å². The topological polar surface area (TPSA) is 105 Å².